The Bertz CT molecular complexity index is 1350. The van der Waals surface area contributed by atoms with Gasteiger partial charge in [0.1, 0.15) is 23.7 Å². The molecule has 0 radical (unpaired) electrons. The molecule has 0 bridgehead atoms. The summed E-state index contributed by atoms with van der Waals surface area (Å²) in [4.78, 5) is 39.4. The number of hydrogen-bond acceptors (Lipinski definition) is 4. The largest absolute Gasteiger partial charge is 0.488 e. The van der Waals surface area contributed by atoms with Gasteiger partial charge in [0.05, 0.1) is 5.69 Å². The fourth-order valence-electron chi connectivity index (χ4n) is 3.62. The summed E-state index contributed by atoms with van der Waals surface area (Å²) in [6.45, 7) is 3.64. The summed E-state index contributed by atoms with van der Waals surface area (Å²) in [5.74, 6) is -1.62. The molecular formula is C26H20BrFN2O4. The lowest BCUT2D eigenvalue weighted by atomic mass is 10.0. The van der Waals surface area contributed by atoms with Crippen molar-refractivity contribution in [3.05, 3.63) is 98.8 Å². The van der Waals surface area contributed by atoms with Gasteiger partial charge in [-0.15, -0.1) is 0 Å². The fraction of sp³-hybridized carbons (Fsp3) is 0.115. The second-order valence-corrected chi connectivity index (χ2v) is 8.73. The highest BCUT2D eigenvalue weighted by molar-refractivity contribution is 9.10. The molecule has 0 spiro atoms. The van der Waals surface area contributed by atoms with Crippen molar-refractivity contribution in [3.8, 4) is 5.75 Å². The van der Waals surface area contributed by atoms with Crippen LogP contribution in [-0.2, 0) is 16.2 Å². The minimum atomic E-state index is -0.815. The number of nitrogens with one attached hydrogen (secondary N) is 1. The number of carbonyl (C=O) groups excluding carboxylic acids is 3. The Morgan fingerprint density at radius 2 is 1.79 bits per heavy atom. The number of hydrogen-bond donors (Lipinski definition) is 1. The van der Waals surface area contributed by atoms with E-state index in [4.69, 9.17) is 4.74 Å². The molecule has 0 aliphatic carbocycles. The van der Waals surface area contributed by atoms with Gasteiger partial charge in [0.15, 0.2) is 0 Å². The molecule has 0 atom stereocenters. The molecular weight excluding hydrogens is 503 g/mol. The number of imide groups is 2. The van der Waals surface area contributed by atoms with Crippen LogP contribution in [0.3, 0.4) is 0 Å². The highest BCUT2D eigenvalue weighted by Crippen LogP contribution is 2.30. The first-order chi connectivity index (χ1) is 16.2. The molecule has 4 amide bonds. The molecule has 6 nitrogen and oxygen atoms in total. The van der Waals surface area contributed by atoms with E-state index in [-0.39, 0.29) is 12.2 Å². The number of urea groups is 1. The summed E-state index contributed by atoms with van der Waals surface area (Å²) in [5.41, 5.74) is 2.63. The number of halogens is 2. The molecule has 0 aromatic heterocycles. The lowest BCUT2D eigenvalue weighted by Crippen LogP contribution is -2.54. The third kappa shape index (κ3) is 4.77. The monoisotopic (exact) mass is 522 g/mol. The van der Waals surface area contributed by atoms with E-state index < -0.39 is 23.7 Å². The molecule has 1 N–H and O–H groups in total. The van der Waals surface area contributed by atoms with Crippen LogP contribution in [0, 0.1) is 19.7 Å². The van der Waals surface area contributed by atoms with Crippen LogP contribution in [0.1, 0.15) is 22.3 Å². The van der Waals surface area contributed by atoms with Crippen LogP contribution in [0.25, 0.3) is 6.08 Å². The van der Waals surface area contributed by atoms with Crippen LogP contribution in [-0.4, -0.2) is 17.8 Å². The maximum Gasteiger partial charge on any atom is 0.335 e. The van der Waals surface area contributed by atoms with Gasteiger partial charge in [-0.25, -0.2) is 14.1 Å². The first kappa shape index (κ1) is 23.4. The first-order valence-corrected chi connectivity index (χ1v) is 11.2. The molecule has 34 heavy (non-hydrogen) atoms. The Morgan fingerprint density at radius 3 is 2.53 bits per heavy atom. The lowest BCUT2D eigenvalue weighted by molar-refractivity contribution is -0.122. The van der Waals surface area contributed by atoms with E-state index in [0.29, 0.717) is 32.6 Å². The molecule has 1 aliphatic heterocycles. The van der Waals surface area contributed by atoms with E-state index in [2.05, 4.69) is 21.2 Å². The summed E-state index contributed by atoms with van der Waals surface area (Å²) in [7, 11) is 0. The van der Waals surface area contributed by atoms with E-state index >= 15 is 0 Å². The molecule has 172 valence electrons. The third-order valence-corrected chi connectivity index (χ3v) is 5.80. The molecule has 8 heteroatoms. The Hall–Kier alpha value is -3.78. The van der Waals surface area contributed by atoms with Gasteiger partial charge in [-0.05, 0) is 55.8 Å². The summed E-state index contributed by atoms with van der Waals surface area (Å²) < 4.78 is 20.5. The van der Waals surface area contributed by atoms with Crippen LogP contribution < -0.4 is 15.0 Å². The van der Waals surface area contributed by atoms with Crippen molar-refractivity contribution >= 4 is 45.5 Å². The van der Waals surface area contributed by atoms with E-state index in [1.54, 1.807) is 55.5 Å². The van der Waals surface area contributed by atoms with Crippen molar-refractivity contribution in [2.45, 2.75) is 20.5 Å². The Balaban J connectivity index is 1.70. The summed E-state index contributed by atoms with van der Waals surface area (Å²) in [5, 5.41) is 2.23. The van der Waals surface area contributed by atoms with Crippen LogP contribution >= 0.6 is 15.9 Å². The minimum Gasteiger partial charge on any atom is -0.488 e. The second-order valence-electron chi connectivity index (χ2n) is 7.81. The molecule has 0 unspecified atom stereocenters. The summed E-state index contributed by atoms with van der Waals surface area (Å²) in [6.07, 6.45) is 1.36. The van der Waals surface area contributed by atoms with Gasteiger partial charge in [0, 0.05) is 15.6 Å². The number of ether oxygens (including phenoxy) is 1. The zero-order valence-electron chi connectivity index (χ0n) is 18.4. The fourth-order valence-corrected chi connectivity index (χ4v) is 4.00. The zero-order chi connectivity index (χ0) is 24.4. The van der Waals surface area contributed by atoms with Gasteiger partial charge in [0.25, 0.3) is 11.8 Å². The molecule has 0 saturated carbocycles. The number of nitrogens with zero attached hydrogens (tertiary/aromatic N) is 1. The number of barbiturate groups is 1. The highest BCUT2D eigenvalue weighted by Gasteiger charge is 2.37. The predicted octanol–water partition coefficient (Wildman–Crippen LogP) is 5.45. The van der Waals surface area contributed by atoms with Gasteiger partial charge in [-0.3, -0.25) is 14.9 Å². The maximum absolute atomic E-state index is 14.0. The molecule has 3 aromatic carbocycles. The maximum atomic E-state index is 14.0. The van der Waals surface area contributed by atoms with E-state index in [0.717, 1.165) is 10.5 Å². The van der Waals surface area contributed by atoms with Gasteiger partial charge in [0.2, 0.25) is 0 Å². The molecule has 1 fully saturated rings. The number of aryl methyl sites for hydroxylation is 2. The Labute approximate surface area is 204 Å². The van der Waals surface area contributed by atoms with Crippen LogP contribution in [0.4, 0.5) is 14.9 Å². The van der Waals surface area contributed by atoms with Crippen molar-refractivity contribution in [2.24, 2.45) is 0 Å². The molecule has 1 saturated heterocycles. The summed E-state index contributed by atoms with van der Waals surface area (Å²) in [6, 6.07) is 15.8. The van der Waals surface area contributed by atoms with Gasteiger partial charge in [-0.2, -0.15) is 0 Å². The van der Waals surface area contributed by atoms with Gasteiger partial charge in [-0.1, -0.05) is 51.8 Å². The van der Waals surface area contributed by atoms with E-state index in [9.17, 15) is 18.8 Å². The zero-order valence-corrected chi connectivity index (χ0v) is 20.0. The van der Waals surface area contributed by atoms with Crippen molar-refractivity contribution in [1.82, 2.24) is 5.32 Å². The Kier molecular flexibility index (Phi) is 6.61. The average molecular weight is 523 g/mol. The van der Waals surface area contributed by atoms with Gasteiger partial charge < -0.3 is 4.74 Å². The van der Waals surface area contributed by atoms with Crippen molar-refractivity contribution in [2.75, 3.05) is 4.90 Å². The van der Waals surface area contributed by atoms with Gasteiger partial charge >= 0.3 is 6.03 Å². The third-order valence-electron chi connectivity index (χ3n) is 5.31. The highest BCUT2D eigenvalue weighted by atomic mass is 79.9. The number of benzene rings is 3. The topological polar surface area (TPSA) is 75.7 Å². The second kappa shape index (κ2) is 9.61. The first-order valence-electron chi connectivity index (χ1n) is 10.4. The quantitative estimate of drug-likeness (QED) is 0.357. The van der Waals surface area contributed by atoms with Crippen molar-refractivity contribution in [3.63, 3.8) is 0 Å². The average Bonchev–Trinajstić information content (AvgIpc) is 2.78. The van der Waals surface area contributed by atoms with E-state index in [1.807, 2.05) is 13.0 Å². The number of amides is 4. The molecule has 3 aromatic rings. The standard InChI is InChI=1S/C26H20BrFN2O4/c1-15-7-9-22(16(2)11-15)30-25(32)20(24(31)29-26(30)33)13-18-12-19(27)8-10-23(18)34-14-17-5-3-4-6-21(17)28/h3-13H,14H2,1-2H3,(H,29,31,33)/b20-13+. The molecule has 4 rings (SSSR count). The van der Waals surface area contributed by atoms with Crippen LogP contribution in [0.2, 0.25) is 0 Å². The predicted molar refractivity (Wildman–Crippen MR) is 130 cm³/mol. The lowest BCUT2D eigenvalue weighted by Gasteiger charge is -2.27. The van der Waals surface area contributed by atoms with E-state index in [1.165, 1.54) is 12.1 Å². The van der Waals surface area contributed by atoms with Crippen LogP contribution in [0.15, 0.2) is 70.7 Å². The minimum absolute atomic E-state index is 0.0439. The van der Waals surface area contributed by atoms with Crippen LogP contribution in [0.5, 0.6) is 5.75 Å². The van der Waals surface area contributed by atoms with Crippen molar-refractivity contribution < 1.29 is 23.5 Å². The number of rotatable bonds is 5. The number of anilines is 1. The smallest absolute Gasteiger partial charge is 0.335 e. The number of carbonyl (C=O) groups is 3. The normalized spacial score (nSPS) is 15.0. The molecule has 1 aliphatic rings. The van der Waals surface area contributed by atoms with Crippen molar-refractivity contribution in [1.29, 1.82) is 0 Å². The SMILES string of the molecule is Cc1ccc(N2C(=O)NC(=O)/C(=C\c3cc(Br)ccc3OCc3ccccc3F)C2=O)c(C)c1. The molecule has 1 heterocycles. The Morgan fingerprint density at radius 1 is 1.03 bits per heavy atom. The summed E-state index contributed by atoms with van der Waals surface area (Å²) >= 11 is 3.38.